The molecule has 1 N–H and O–H groups in total. The van der Waals surface area contributed by atoms with E-state index in [9.17, 15) is 27.6 Å². The number of hydrogen-bond acceptors (Lipinski definition) is 3. The van der Waals surface area contributed by atoms with Gasteiger partial charge in [-0.3, -0.25) is 14.4 Å². The van der Waals surface area contributed by atoms with E-state index in [1.54, 1.807) is 0 Å². The van der Waals surface area contributed by atoms with Gasteiger partial charge in [0.15, 0.2) is 0 Å². The van der Waals surface area contributed by atoms with E-state index in [0.29, 0.717) is 6.42 Å². The average Bonchev–Trinajstić information content (AvgIpc) is 2.64. The molecule has 1 aromatic rings. The average molecular weight is 413 g/mol. The van der Waals surface area contributed by atoms with Crippen LogP contribution in [-0.2, 0) is 20.8 Å². The van der Waals surface area contributed by atoms with E-state index < -0.39 is 30.7 Å². The van der Waals surface area contributed by atoms with Gasteiger partial charge in [-0.15, -0.1) is 0 Å². The van der Waals surface area contributed by atoms with Crippen molar-refractivity contribution in [3.05, 3.63) is 35.9 Å². The highest BCUT2D eigenvalue weighted by atomic mass is 19.4. The molecule has 0 unspecified atom stereocenters. The molecule has 2 atom stereocenters. The Kier molecular flexibility index (Phi) is 7.64. The number of piperidine rings is 1. The van der Waals surface area contributed by atoms with Crippen molar-refractivity contribution in [2.24, 2.45) is 0 Å². The number of benzene rings is 1. The molecule has 1 aliphatic rings. The van der Waals surface area contributed by atoms with E-state index in [4.69, 9.17) is 0 Å². The van der Waals surface area contributed by atoms with Gasteiger partial charge in [0.05, 0.1) is 6.54 Å². The minimum atomic E-state index is -4.57. The molecule has 160 valence electrons. The molecule has 2 rings (SSSR count). The number of halogens is 3. The van der Waals surface area contributed by atoms with Crippen LogP contribution in [0, 0.1) is 0 Å². The summed E-state index contributed by atoms with van der Waals surface area (Å²) in [6.07, 6.45) is -4.23. The second kappa shape index (κ2) is 9.76. The van der Waals surface area contributed by atoms with Gasteiger partial charge in [-0.1, -0.05) is 30.3 Å². The molecule has 0 aliphatic carbocycles. The quantitative estimate of drug-likeness (QED) is 0.777. The summed E-state index contributed by atoms with van der Waals surface area (Å²) in [6, 6.07) is 6.86. The van der Waals surface area contributed by atoms with E-state index in [-0.39, 0.29) is 37.7 Å². The van der Waals surface area contributed by atoms with Gasteiger partial charge in [0, 0.05) is 33.0 Å². The zero-order valence-corrected chi connectivity index (χ0v) is 16.5. The van der Waals surface area contributed by atoms with Crippen LogP contribution in [0.4, 0.5) is 13.2 Å². The lowest BCUT2D eigenvalue weighted by molar-refractivity contribution is -0.197. The molecule has 1 fully saturated rings. The van der Waals surface area contributed by atoms with Crippen molar-refractivity contribution < 1.29 is 27.6 Å². The third-order valence-electron chi connectivity index (χ3n) is 4.97. The molecule has 0 spiro atoms. The van der Waals surface area contributed by atoms with E-state index in [1.165, 1.54) is 18.7 Å². The number of carbonyl (C=O) groups is 3. The zero-order chi connectivity index (χ0) is 21.6. The Hall–Kier alpha value is -2.58. The van der Waals surface area contributed by atoms with Crippen LogP contribution >= 0.6 is 0 Å². The van der Waals surface area contributed by atoms with Gasteiger partial charge in [0.2, 0.25) is 17.7 Å². The molecule has 1 saturated heterocycles. The van der Waals surface area contributed by atoms with Crippen LogP contribution < -0.4 is 5.32 Å². The minimum absolute atomic E-state index is 0.137. The smallest absolute Gasteiger partial charge is 0.352 e. The summed E-state index contributed by atoms with van der Waals surface area (Å²) in [6.45, 7) is 2.14. The largest absolute Gasteiger partial charge is 0.408 e. The van der Waals surface area contributed by atoms with Gasteiger partial charge in [-0.25, -0.2) is 0 Å². The zero-order valence-electron chi connectivity index (χ0n) is 16.5. The first-order chi connectivity index (χ1) is 13.6. The molecule has 1 aromatic carbocycles. The standard InChI is InChI=1S/C20H26F3N3O3/c1-14(27)24-17-8-9-18(20(21,22)23)26(12-17)19(29)13-25(15(2)28)11-10-16-6-4-3-5-7-16/h3-7,17-18H,8-13H2,1-2H3,(H,24,27)/t17-,18-/m0/s1. The lowest BCUT2D eigenvalue weighted by Gasteiger charge is -2.41. The van der Waals surface area contributed by atoms with Crippen LogP contribution in [0.3, 0.4) is 0 Å². The fourth-order valence-corrected chi connectivity index (χ4v) is 3.50. The molecule has 6 nitrogen and oxygen atoms in total. The second-order valence-corrected chi connectivity index (χ2v) is 7.25. The van der Waals surface area contributed by atoms with Crippen molar-refractivity contribution in [3.8, 4) is 0 Å². The maximum absolute atomic E-state index is 13.4. The number of hydrogen-bond donors (Lipinski definition) is 1. The molecule has 1 heterocycles. The Morgan fingerprint density at radius 1 is 1.14 bits per heavy atom. The summed E-state index contributed by atoms with van der Waals surface area (Å²) >= 11 is 0. The lowest BCUT2D eigenvalue weighted by atomic mass is 9.97. The predicted octanol–water partition coefficient (Wildman–Crippen LogP) is 2.14. The highest BCUT2D eigenvalue weighted by molar-refractivity contribution is 5.84. The maximum atomic E-state index is 13.4. The van der Waals surface area contributed by atoms with Crippen LogP contribution in [0.15, 0.2) is 30.3 Å². The Balaban J connectivity index is 2.08. The molecule has 0 radical (unpaired) electrons. The van der Waals surface area contributed by atoms with Gasteiger partial charge < -0.3 is 15.1 Å². The fraction of sp³-hybridized carbons (Fsp3) is 0.550. The summed E-state index contributed by atoms with van der Waals surface area (Å²) < 4.78 is 40.3. The Labute approximate surface area is 168 Å². The van der Waals surface area contributed by atoms with Crippen molar-refractivity contribution in [1.29, 1.82) is 0 Å². The van der Waals surface area contributed by atoms with Crippen molar-refractivity contribution in [2.75, 3.05) is 19.6 Å². The van der Waals surface area contributed by atoms with Gasteiger partial charge in [0.25, 0.3) is 0 Å². The summed E-state index contributed by atoms with van der Waals surface area (Å²) in [5, 5.41) is 2.58. The molecule has 0 bridgehead atoms. The first-order valence-electron chi connectivity index (χ1n) is 9.50. The molecule has 9 heteroatoms. The van der Waals surface area contributed by atoms with Crippen molar-refractivity contribution in [2.45, 2.75) is 51.4 Å². The van der Waals surface area contributed by atoms with Gasteiger partial charge in [-0.2, -0.15) is 13.2 Å². The molecule has 0 saturated carbocycles. The number of amides is 3. The molecular weight excluding hydrogens is 387 g/mol. The van der Waals surface area contributed by atoms with Crippen molar-refractivity contribution >= 4 is 17.7 Å². The highest BCUT2D eigenvalue weighted by Gasteiger charge is 2.48. The van der Waals surface area contributed by atoms with Crippen LogP contribution in [-0.4, -0.2) is 65.4 Å². The first-order valence-corrected chi connectivity index (χ1v) is 9.50. The van der Waals surface area contributed by atoms with Crippen LogP contribution in [0.1, 0.15) is 32.3 Å². The van der Waals surface area contributed by atoms with E-state index in [0.717, 1.165) is 10.5 Å². The summed E-state index contributed by atoms with van der Waals surface area (Å²) in [7, 11) is 0. The highest BCUT2D eigenvalue weighted by Crippen LogP contribution is 2.32. The number of alkyl halides is 3. The maximum Gasteiger partial charge on any atom is 0.408 e. The number of carbonyl (C=O) groups excluding carboxylic acids is 3. The lowest BCUT2D eigenvalue weighted by Crippen LogP contribution is -2.59. The monoisotopic (exact) mass is 413 g/mol. The van der Waals surface area contributed by atoms with Crippen LogP contribution in [0.5, 0.6) is 0 Å². The topological polar surface area (TPSA) is 69.7 Å². The summed E-state index contributed by atoms with van der Waals surface area (Å²) in [5.74, 6) is -1.51. The molecule has 29 heavy (non-hydrogen) atoms. The van der Waals surface area contributed by atoms with Gasteiger partial charge in [-0.05, 0) is 24.8 Å². The Bertz CT molecular complexity index is 725. The third kappa shape index (κ3) is 6.76. The fourth-order valence-electron chi connectivity index (χ4n) is 3.50. The molecule has 3 amide bonds. The number of nitrogens with zero attached hydrogens (tertiary/aromatic N) is 2. The van der Waals surface area contributed by atoms with E-state index in [1.807, 2.05) is 30.3 Å². The van der Waals surface area contributed by atoms with Gasteiger partial charge in [0.1, 0.15) is 6.04 Å². The van der Waals surface area contributed by atoms with Crippen LogP contribution in [0.2, 0.25) is 0 Å². The first kappa shape index (κ1) is 22.7. The Morgan fingerprint density at radius 3 is 2.34 bits per heavy atom. The third-order valence-corrected chi connectivity index (χ3v) is 4.97. The van der Waals surface area contributed by atoms with Crippen molar-refractivity contribution in [1.82, 2.24) is 15.1 Å². The number of nitrogens with one attached hydrogen (secondary N) is 1. The number of rotatable bonds is 6. The van der Waals surface area contributed by atoms with E-state index in [2.05, 4.69) is 5.32 Å². The minimum Gasteiger partial charge on any atom is -0.352 e. The number of likely N-dealkylation sites (tertiary alicyclic amines) is 1. The normalized spacial score (nSPS) is 19.6. The predicted molar refractivity (Wildman–Crippen MR) is 101 cm³/mol. The van der Waals surface area contributed by atoms with Crippen molar-refractivity contribution in [3.63, 3.8) is 0 Å². The molecular formula is C20H26F3N3O3. The van der Waals surface area contributed by atoms with Gasteiger partial charge >= 0.3 is 6.18 Å². The second-order valence-electron chi connectivity index (χ2n) is 7.25. The Morgan fingerprint density at radius 2 is 1.79 bits per heavy atom. The summed E-state index contributed by atoms with van der Waals surface area (Å²) in [4.78, 5) is 38.0. The molecule has 0 aromatic heterocycles. The van der Waals surface area contributed by atoms with E-state index >= 15 is 0 Å². The van der Waals surface area contributed by atoms with Crippen LogP contribution in [0.25, 0.3) is 0 Å². The molecule has 1 aliphatic heterocycles. The summed E-state index contributed by atoms with van der Waals surface area (Å²) in [5.41, 5.74) is 0.961. The SMILES string of the molecule is CC(=O)N[C@H]1CC[C@@H](C(F)(F)F)N(C(=O)CN(CCc2ccccc2)C(C)=O)C1.